The summed E-state index contributed by atoms with van der Waals surface area (Å²) in [4.78, 5) is 19.1. The van der Waals surface area contributed by atoms with E-state index in [1.807, 2.05) is 43.3 Å². The van der Waals surface area contributed by atoms with Crippen molar-refractivity contribution in [3.63, 3.8) is 0 Å². The van der Waals surface area contributed by atoms with Gasteiger partial charge in [-0.05, 0) is 49.6 Å². The van der Waals surface area contributed by atoms with Crippen molar-refractivity contribution in [1.82, 2.24) is 4.98 Å². The molecule has 0 saturated heterocycles. The molecule has 0 aliphatic carbocycles. The van der Waals surface area contributed by atoms with Gasteiger partial charge >= 0.3 is 0 Å². The number of carbonyl (C=O) groups is 1. The number of nitrogens with zero attached hydrogens (tertiary/aromatic N) is 2. The summed E-state index contributed by atoms with van der Waals surface area (Å²) in [7, 11) is 0. The van der Waals surface area contributed by atoms with Crippen molar-refractivity contribution in [2.75, 3.05) is 10.2 Å². The molecule has 3 aromatic rings. The standard InChI is InChI=1S/C23H23N3O/c1-16-7-9-18(10-8-16)14-23(27)25-20-11-12-22(24-15-20)26-17(2)13-19-5-3-4-6-21(19)26/h3-12,15,17H,13-14H2,1-2H3,(H,25,27). The molecule has 1 atom stereocenters. The molecule has 0 radical (unpaired) electrons. The molecule has 4 nitrogen and oxygen atoms in total. The van der Waals surface area contributed by atoms with Crippen molar-refractivity contribution in [3.8, 4) is 0 Å². The van der Waals surface area contributed by atoms with E-state index in [2.05, 4.69) is 46.4 Å². The smallest absolute Gasteiger partial charge is 0.228 e. The van der Waals surface area contributed by atoms with Crippen molar-refractivity contribution < 1.29 is 4.79 Å². The van der Waals surface area contributed by atoms with Crippen molar-refractivity contribution in [3.05, 3.63) is 83.6 Å². The molecule has 2 heterocycles. The summed E-state index contributed by atoms with van der Waals surface area (Å²) < 4.78 is 0. The molecule has 2 aromatic carbocycles. The Morgan fingerprint density at radius 2 is 1.89 bits per heavy atom. The number of hydrogen-bond donors (Lipinski definition) is 1. The van der Waals surface area contributed by atoms with Gasteiger partial charge in [0.2, 0.25) is 5.91 Å². The zero-order valence-corrected chi connectivity index (χ0v) is 15.6. The molecule has 1 aliphatic rings. The number of aromatic nitrogens is 1. The second kappa shape index (κ2) is 7.23. The van der Waals surface area contributed by atoms with Crippen LogP contribution in [0.2, 0.25) is 0 Å². The van der Waals surface area contributed by atoms with E-state index in [0.29, 0.717) is 12.5 Å². The van der Waals surface area contributed by atoms with E-state index in [-0.39, 0.29) is 5.91 Å². The van der Waals surface area contributed by atoms with Gasteiger partial charge in [-0.2, -0.15) is 0 Å². The fraction of sp³-hybridized carbons (Fsp3) is 0.217. The fourth-order valence-electron chi connectivity index (χ4n) is 3.61. The van der Waals surface area contributed by atoms with Crippen LogP contribution in [-0.2, 0) is 17.6 Å². The van der Waals surface area contributed by atoms with E-state index in [1.165, 1.54) is 16.8 Å². The lowest BCUT2D eigenvalue weighted by Gasteiger charge is -2.24. The number of rotatable bonds is 4. The van der Waals surface area contributed by atoms with Crippen LogP contribution in [0.15, 0.2) is 66.9 Å². The van der Waals surface area contributed by atoms with Crippen molar-refractivity contribution in [2.45, 2.75) is 32.7 Å². The highest BCUT2D eigenvalue weighted by Crippen LogP contribution is 2.37. The lowest BCUT2D eigenvalue weighted by Crippen LogP contribution is -2.24. The molecule has 1 N–H and O–H groups in total. The SMILES string of the molecule is Cc1ccc(CC(=O)Nc2ccc(N3c4ccccc4CC3C)nc2)cc1. The average molecular weight is 357 g/mol. The number of carbonyl (C=O) groups excluding carboxylic acids is 1. The molecular formula is C23H23N3O. The number of nitrogens with one attached hydrogen (secondary N) is 1. The quantitative estimate of drug-likeness (QED) is 0.739. The van der Waals surface area contributed by atoms with E-state index in [9.17, 15) is 4.79 Å². The first-order valence-electron chi connectivity index (χ1n) is 9.29. The van der Waals surface area contributed by atoms with Gasteiger partial charge in [0.25, 0.3) is 0 Å². The molecule has 1 aliphatic heterocycles. The van der Waals surface area contributed by atoms with Crippen molar-refractivity contribution >= 4 is 23.1 Å². The van der Waals surface area contributed by atoms with Gasteiger partial charge in [-0.25, -0.2) is 4.98 Å². The summed E-state index contributed by atoms with van der Waals surface area (Å²) >= 11 is 0. The molecule has 0 bridgehead atoms. The third kappa shape index (κ3) is 3.70. The summed E-state index contributed by atoms with van der Waals surface area (Å²) in [6.07, 6.45) is 3.11. The predicted molar refractivity (Wildman–Crippen MR) is 109 cm³/mol. The van der Waals surface area contributed by atoms with Crippen LogP contribution in [0.1, 0.15) is 23.6 Å². The minimum atomic E-state index is -0.0340. The second-order valence-electron chi connectivity index (χ2n) is 7.17. The van der Waals surface area contributed by atoms with Crippen LogP contribution >= 0.6 is 0 Å². The highest BCUT2D eigenvalue weighted by molar-refractivity contribution is 5.92. The maximum absolute atomic E-state index is 12.3. The summed E-state index contributed by atoms with van der Waals surface area (Å²) in [5, 5.41) is 2.93. The fourth-order valence-corrected chi connectivity index (χ4v) is 3.61. The van der Waals surface area contributed by atoms with Crippen molar-refractivity contribution in [2.24, 2.45) is 0 Å². The first kappa shape index (κ1) is 17.3. The molecule has 4 heteroatoms. The lowest BCUT2D eigenvalue weighted by atomic mass is 10.1. The highest BCUT2D eigenvalue weighted by Gasteiger charge is 2.27. The summed E-state index contributed by atoms with van der Waals surface area (Å²) in [6, 6.07) is 20.7. The first-order valence-corrected chi connectivity index (χ1v) is 9.29. The van der Waals surface area contributed by atoms with Crippen LogP contribution in [0.5, 0.6) is 0 Å². The van der Waals surface area contributed by atoms with Gasteiger partial charge in [-0.1, -0.05) is 48.0 Å². The van der Waals surface area contributed by atoms with Gasteiger partial charge in [-0.3, -0.25) is 4.79 Å². The minimum Gasteiger partial charge on any atom is -0.324 e. The molecule has 27 heavy (non-hydrogen) atoms. The topological polar surface area (TPSA) is 45.2 Å². The maximum Gasteiger partial charge on any atom is 0.228 e. The van der Waals surface area contributed by atoms with E-state index < -0.39 is 0 Å². The first-order chi connectivity index (χ1) is 13.1. The second-order valence-corrected chi connectivity index (χ2v) is 7.17. The molecule has 1 amide bonds. The molecule has 1 aromatic heterocycles. The third-order valence-electron chi connectivity index (χ3n) is 4.97. The van der Waals surface area contributed by atoms with Gasteiger partial charge in [0.15, 0.2) is 0 Å². The van der Waals surface area contributed by atoms with E-state index in [4.69, 9.17) is 0 Å². The Morgan fingerprint density at radius 1 is 1.11 bits per heavy atom. The van der Waals surface area contributed by atoms with Gasteiger partial charge in [-0.15, -0.1) is 0 Å². The third-order valence-corrected chi connectivity index (χ3v) is 4.97. The zero-order valence-electron chi connectivity index (χ0n) is 15.6. The number of pyridine rings is 1. The molecular weight excluding hydrogens is 334 g/mol. The minimum absolute atomic E-state index is 0.0340. The van der Waals surface area contributed by atoms with Crippen LogP contribution in [0.3, 0.4) is 0 Å². The molecule has 0 fully saturated rings. The van der Waals surface area contributed by atoms with Gasteiger partial charge < -0.3 is 10.2 Å². The largest absolute Gasteiger partial charge is 0.324 e. The van der Waals surface area contributed by atoms with E-state index >= 15 is 0 Å². The molecule has 1 unspecified atom stereocenters. The molecule has 0 saturated carbocycles. The Labute approximate surface area is 159 Å². The summed E-state index contributed by atoms with van der Waals surface area (Å²) in [6.45, 7) is 4.25. The van der Waals surface area contributed by atoms with Crippen LogP contribution in [0.25, 0.3) is 0 Å². The van der Waals surface area contributed by atoms with Gasteiger partial charge in [0.1, 0.15) is 5.82 Å². The summed E-state index contributed by atoms with van der Waals surface area (Å²) in [5.41, 5.74) is 5.48. The van der Waals surface area contributed by atoms with Gasteiger partial charge in [0, 0.05) is 11.7 Å². The number of anilines is 3. The van der Waals surface area contributed by atoms with Crippen molar-refractivity contribution in [1.29, 1.82) is 0 Å². The average Bonchev–Trinajstić information content (AvgIpc) is 3.00. The zero-order chi connectivity index (χ0) is 18.8. The molecule has 0 spiro atoms. The number of benzene rings is 2. The number of hydrogen-bond acceptors (Lipinski definition) is 3. The number of para-hydroxylation sites is 1. The van der Waals surface area contributed by atoms with Crippen LogP contribution < -0.4 is 10.2 Å². The Morgan fingerprint density at radius 3 is 2.63 bits per heavy atom. The van der Waals surface area contributed by atoms with E-state index in [1.54, 1.807) is 6.20 Å². The Kier molecular flexibility index (Phi) is 4.63. The lowest BCUT2D eigenvalue weighted by molar-refractivity contribution is -0.115. The van der Waals surface area contributed by atoms with Crippen LogP contribution in [0.4, 0.5) is 17.2 Å². The van der Waals surface area contributed by atoms with E-state index in [0.717, 1.165) is 23.5 Å². The van der Waals surface area contributed by atoms with Gasteiger partial charge in [0.05, 0.1) is 18.3 Å². The normalized spacial score (nSPS) is 15.5. The Bertz CT molecular complexity index is 948. The number of aryl methyl sites for hydroxylation is 1. The van der Waals surface area contributed by atoms with Crippen LogP contribution in [0, 0.1) is 6.92 Å². The maximum atomic E-state index is 12.3. The van der Waals surface area contributed by atoms with Crippen LogP contribution in [-0.4, -0.2) is 16.9 Å². The Hall–Kier alpha value is -3.14. The predicted octanol–water partition coefficient (Wildman–Crippen LogP) is 4.65. The molecule has 136 valence electrons. The highest BCUT2D eigenvalue weighted by atomic mass is 16.1. The number of amides is 1. The monoisotopic (exact) mass is 357 g/mol. The summed E-state index contributed by atoms with van der Waals surface area (Å²) in [5.74, 6) is 0.872. The molecule has 4 rings (SSSR count). The Balaban J connectivity index is 1.45. The number of fused-ring (bicyclic) bond motifs is 1.